The molecule has 10 heavy (non-hydrogen) atoms. The second kappa shape index (κ2) is 3.90. The second-order valence-corrected chi connectivity index (χ2v) is 1.76. The number of phenolic OH excluding ortho intramolecular Hbond substituents is 1. The number of para-hydroxylation sites is 1. The van der Waals surface area contributed by atoms with Gasteiger partial charge in [0.2, 0.25) is 0 Å². The molecule has 0 bridgehead atoms. The van der Waals surface area contributed by atoms with Crippen LogP contribution in [0, 0.1) is 0 Å². The van der Waals surface area contributed by atoms with Crippen LogP contribution in [0.15, 0.2) is 30.8 Å². The fourth-order valence-corrected chi connectivity index (χ4v) is 0.660. The van der Waals surface area contributed by atoms with Gasteiger partial charge in [-0.1, -0.05) is 30.9 Å². The van der Waals surface area contributed by atoms with Crippen molar-refractivity contribution in [3.63, 3.8) is 0 Å². The molecule has 0 fully saturated rings. The van der Waals surface area contributed by atoms with Gasteiger partial charge >= 0.3 is 0 Å². The van der Waals surface area contributed by atoms with Gasteiger partial charge in [0.1, 0.15) is 5.75 Å². The van der Waals surface area contributed by atoms with E-state index in [9.17, 15) is 0 Å². The Morgan fingerprint density at radius 3 is 2.30 bits per heavy atom. The first kappa shape index (κ1) is 8.98. The molecule has 0 unspecified atom stereocenters. The quantitative estimate of drug-likeness (QED) is 0.600. The van der Waals surface area contributed by atoms with E-state index in [4.69, 9.17) is 5.11 Å². The Morgan fingerprint density at radius 1 is 1.30 bits per heavy atom. The van der Waals surface area contributed by atoms with Crippen LogP contribution in [0.25, 0.3) is 6.08 Å². The molecule has 0 heterocycles. The lowest BCUT2D eigenvalue weighted by Gasteiger charge is -1.93. The summed E-state index contributed by atoms with van der Waals surface area (Å²) < 4.78 is 0. The summed E-state index contributed by atoms with van der Waals surface area (Å²) in [6.07, 6.45) is 1.62. The van der Waals surface area contributed by atoms with Gasteiger partial charge in [0.05, 0.1) is 0 Å². The lowest BCUT2D eigenvalue weighted by Crippen LogP contribution is -1.69. The van der Waals surface area contributed by atoms with Crippen molar-refractivity contribution in [1.82, 2.24) is 0 Å². The molecule has 0 saturated heterocycles. The van der Waals surface area contributed by atoms with Crippen LogP contribution in [0.2, 0.25) is 0 Å². The van der Waals surface area contributed by atoms with E-state index >= 15 is 0 Å². The highest BCUT2D eigenvalue weighted by Gasteiger charge is 1.89. The van der Waals surface area contributed by atoms with E-state index in [0.717, 1.165) is 5.56 Å². The van der Waals surface area contributed by atoms with Gasteiger partial charge < -0.3 is 5.11 Å². The molecule has 1 N–H and O–H groups in total. The predicted molar refractivity (Wildman–Crippen MR) is 44.0 cm³/mol. The lowest BCUT2D eigenvalue weighted by atomic mass is 10.2. The molecule has 0 atom stereocenters. The van der Waals surface area contributed by atoms with E-state index in [1.807, 2.05) is 12.1 Å². The Hall–Kier alpha value is -1.02. The number of benzene rings is 1. The molecule has 0 aliphatic rings. The number of rotatable bonds is 1. The van der Waals surface area contributed by atoms with Gasteiger partial charge in [0, 0.05) is 16.5 Å². The number of hydrogen-bond donors (Lipinski definition) is 1. The third-order valence-corrected chi connectivity index (χ3v) is 1.16. The molecular formula is C8H8OSi. The summed E-state index contributed by atoms with van der Waals surface area (Å²) in [7, 11) is 0. The van der Waals surface area contributed by atoms with Gasteiger partial charge in [-0.25, -0.2) is 0 Å². The fourth-order valence-electron chi connectivity index (χ4n) is 0.660. The Kier molecular flexibility index (Phi) is 3.50. The summed E-state index contributed by atoms with van der Waals surface area (Å²) in [6.45, 7) is 3.53. The van der Waals surface area contributed by atoms with Crippen molar-refractivity contribution in [1.29, 1.82) is 0 Å². The minimum absolute atomic E-state index is 0. The van der Waals surface area contributed by atoms with Crippen LogP contribution in [-0.4, -0.2) is 16.1 Å². The largest absolute Gasteiger partial charge is 0.507 e. The maximum atomic E-state index is 9.04. The minimum Gasteiger partial charge on any atom is -0.507 e. The highest BCUT2D eigenvalue weighted by molar-refractivity contribution is 5.75. The van der Waals surface area contributed by atoms with Crippen molar-refractivity contribution in [2.45, 2.75) is 0 Å². The molecule has 0 aliphatic carbocycles. The smallest absolute Gasteiger partial charge is 0.122 e. The molecular weight excluding hydrogens is 140 g/mol. The Morgan fingerprint density at radius 2 is 1.90 bits per heavy atom. The van der Waals surface area contributed by atoms with Crippen LogP contribution in [0.4, 0.5) is 0 Å². The predicted octanol–water partition coefficient (Wildman–Crippen LogP) is 1.65. The van der Waals surface area contributed by atoms with E-state index in [2.05, 4.69) is 6.58 Å². The van der Waals surface area contributed by atoms with E-state index in [1.165, 1.54) is 0 Å². The van der Waals surface area contributed by atoms with Crippen LogP contribution >= 0.6 is 0 Å². The zero-order chi connectivity index (χ0) is 6.69. The first-order chi connectivity index (χ1) is 4.34. The average molecular weight is 148 g/mol. The van der Waals surface area contributed by atoms with Crippen molar-refractivity contribution in [3.05, 3.63) is 36.4 Å². The standard InChI is InChI=1S/C8H8O.Si/c1-2-7-5-3-4-6-8(7)9;/h2-6,9H,1H2;. The first-order valence-electron chi connectivity index (χ1n) is 2.75. The summed E-state index contributed by atoms with van der Waals surface area (Å²) in [6, 6.07) is 7.08. The van der Waals surface area contributed by atoms with E-state index in [1.54, 1.807) is 18.2 Å². The van der Waals surface area contributed by atoms with Gasteiger partial charge in [-0.05, 0) is 6.07 Å². The van der Waals surface area contributed by atoms with Crippen molar-refractivity contribution in [2.75, 3.05) is 0 Å². The zero-order valence-electron chi connectivity index (χ0n) is 5.54. The maximum absolute atomic E-state index is 9.04. The maximum Gasteiger partial charge on any atom is 0.122 e. The van der Waals surface area contributed by atoms with Crippen LogP contribution in [-0.2, 0) is 0 Å². The normalized spacial score (nSPS) is 8.00. The Balaban J connectivity index is 0.000000810. The van der Waals surface area contributed by atoms with Crippen molar-refractivity contribution < 1.29 is 5.11 Å². The molecule has 50 valence electrons. The van der Waals surface area contributed by atoms with E-state index < -0.39 is 0 Å². The summed E-state index contributed by atoms with van der Waals surface area (Å²) >= 11 is 0. The van der Waals surface area contributed by atoms with Crippen LogP contribution in [0.3, 0.4) is 0 Å². The number of aromatic hydroxyl groups is 1. The Labute approximate surface area is 65.0 Å². The zero-order valence-corrected chi connectivity index (χ0v) is 6.54. The molecule has 0 spiro atoms. The lowest BCUT2D eigenvalue weighted by molar-refractivity contribution is 0.474. The molecule has 1 rings (SSSR count). The first-order valence-corrected chi connectivity index (χ1v) is 2.75. The molecule has 1 aromatic carbocycles. The molecule has 1 aromatic rings. The summed E-state index contributed by atoms with van der Waals surface area (Å²) in [4.78, 5) is 0. The van der Waals surface area contributed by atoms with Crippen molar-refractivity contribution in [3.8, 4) is 5.75 Å². The Bertz CT molecular complexity index is 220. The van der Waals surface area contributed by atoms with E-state index in [-0.39, 0.29) is 16.7 Å². The summed E-state index contributed by atoms with van der Waals surface area (Å²) in [5.74, 6) is 0.285. The van der Waals surface area contributed by atoms with Gasteiger partial charge in [-0.2, -0.15) is 0 Å². The molecule has 4 radical (unpaired) electrons. The molecule has 0 aliphatic heterocycles. The van der Waals surface area contributed by atoms with Gasteiger partial charge in [0.25, 0.3) is 0 Å². The van der Waals surface area contributed by atoms with Crippen LogP contribution in [0.5, 0.6) is 5.75 Å². The molecule has 2 heteroatoms. The van der Waals surface area contributed by atoms with Crippen LogP contribution in [0.1, 0.15) is 5.56 Å². The third-order valence-electron chi connectivity index (χ3n) is 1.16. The summed E-state index contributed by atoms with van der Waals surface area (Å²) in [5, 5.41) is 9.04. The monoisotopic (exact) mass is 148 g/mol. The molecule has 0 saturated carbocycles. The molecule has 0 aromatic heterocycles. The van der Waals surface area contributed by atoms with Gasteiger partial charge in [-0.15, -0.1) is 0 Å². The van der Waals surface area contributed by atoms with Crippen molar-refractivity contribution in [2.24, 2.45) is 0 Å². The SMILES string of the molecule is C=Cc1ccccc1O.[Si]. The average Bonchev–Trinajstić information content (AvgIpc) is 1.89. The topological polar surface area (TPSA) is 20.2 Å². The number of phenols is 1. The third kappa shape index (κ3) is 1.74. The minimum atomic E-state index is 0. The highest BCUT2D eigenvalue weighted by atomic mass is 28.1. The van der Waals surface area contributed by atoms with Crippen molar-refractivity contribution >= 4 is 17.0 Å². The van der Waals surface area contributed by atoms with E-state index in [0.29, 0.717) is 0 Å². The molecule has 1 nitrogen and oxygen atoms in total. The number of hydrogen-bond acceptors (Lipinski definition) is 1. The highest BCUT2D eigenvalue weighted by Crippen LogP contribution is 2.15. The fraction of sp³-hybridized carbons (Fsp3) is 0. The van der Waals surface area contributed by atoms with Crippen LogP contribution < -0.4 is 0 Å². The summed E-state index contributed by atoms with van der Waals surface area (Å²) in [5.41, 5.74) is 0.775. The van der Waals surface area contributed by atoms with Gasteiger partial charge in [-0.3, -0.25) is 0 Å². The molecule has 0 amide bonds. The second-order valence-electron chi connectivity index (χ2n) is 1.76. The van der Waals surface area contributed by atoms with Gasteiger partial charge in [0.15, 0.2) is 0 Å².